The summed E-state index contributed by atoms with van der Waals surface area (Å²) in [6.07, 6.45) is 1.94. The van der Waals surface area contributed by atoms with Gasteiger partial charge in [-0.25, -0.2) is 0 Å². The van der Waals surface area contributed by atoms with Gasteiger partial charge in [0, 0.05) is 16.6 Å². The molecule has 5 rings (SSSR count). The van der Waals surface area contributed by atoms with Crippen molar-refractivity contribution < 1.29 is 24.2 Å². The molecule has 0 radical (unpaired) electrons. The highest BCUT2D eigenvalue weighted by atomic mass is 32.2. The van der Waals surface area contributed by atoms with Gasteiger partial charge in [0.05, 0.1) is 36.3 Å². The second-order valence-electron chi connectivity index (χ2n) is 9.62. The molecule has 3 heterocycles. The van der Waals surface area contributed by atoms with Gasteiger partial charge in [0.15, 0.2) is 0 Å². The fraction of sp³-hybridized carbons (Fsp3) is 0.444. The maximum atomic E-state index is 14.0. The molecule has 190 valence electrons. The van der Waals surface area contributed by atoms with Gasteiger partial charge in [-0.2, -0.15) is 0 Å². The van der Waals surface area contributed by atoms with Crippen LogP contribution in [0.4, 0.5) is 11.4 Å². The molecule has 36 heavy (non-hydrogen) atoms. The third-order valence-electron chi connectivity index (χ3n) is 7.76. The van der Waals surface area contributed by atoms with E-state index in [0.717, 1.165) is 6.42 Å². The van der Waals surface area contributed by atoms with E-state index in [9.17, 15) is 19.5 Å². The number of likely N-dealkylation sites (tertiary alicyclic amines) is 1. The minimum atomic E-state index is -0.779. The van der Waals surface area contributed by atoms with Gasteiger partial charge >= 0.3 is 0 Å². The molecule has 3 N–H and O–H groups in total. The highest BCUT2D eigenvalue weighted by molar-refractivity contribution is 8.02. The van der Waals surface area contributed by atoms with Gasteiger partial charge in [0.2, 0.25) is 17.7 Å². The smallest absolute Gasteiger partial charge is 0.248 e. The van der Waals surface area contributed by atoms with Gasteiger partial charge in [-0.1, -0.05) is 25.1 Å². The third kappa shape index (κ3) is 3.94. The summed E-state index contributed by atoms with van der Waals surface area (Å²) in [5, 5.41) is 16.1. The number of hydrogen-bond donors (Lipinski definition) is 3. The summed E-state index contributed by atoms with van der Waals surface area (Å²) in [5.74, 6) is -1.17. The van der Waals surface area contributed by atoms with Crippen LogP contribution in [-0.4, -0.2) is 63.5 Å². The molecule has 3 amide bonds. The van der Waals surface area contributed by atoms with Crippen LogP contribution in [0.3, 0.4) is 0 Å². The molecule has 0 aromatic heterocycles. The number of thioether (sulfide) groups is 1. The number of rotatable bonds is 8. The molecule has 2 bridgehead atoms. The number of carbonyl (C=O) groups excluding carboxylic acids is 3. The van der Waals surface area contributed by atoms with E-state index in [1.807, 2.05) is 37.3 Å². The SMILES string of the molecule is CC[C@@H](CO)N1C(=O)[C@@H]2[C@H](C(=O)Nc3ccccc3)[C@@H]3CCC2(S3)C1C(=O)Nc1ccc(OC)cc1. The fourth-order valence-corrected chi connectivity index (χ4v) is 8.34. The fourth-order valence-electron chi connectivity index (χ4n) is 6.13. The summed E-state index contributed by atoms with van der Waals surface area (Å²) in [6, 6.07) is 15.0. The number of para-hydroxylation sites is 1. The molecule has 2 aromatic carbocycles. The van der Waals surface area contributed by atoms with Crippen molar-refractivity contribution in [3.05, 3.63) is 54.6 Å². The van der Waals surface area contributed by atoms with Gasteiger partial charge in [-0.05, 0) is 55.7 Å². The Morgan fingerprint density at radius 3 is 2.42 bits per heavy atom. The van der Waals surface area contributed by atoms with E-state index < -0.39 is 28.7 Å². The third-order valence-corrected chi connectivity index (χ3v) is 9.72. The number of aliphatic hydroxyl groups is 1. The van der Waals surface area contributed by atoms with E-state index in [1.54, 1.807) is 48.0 Å². The normalized spacial score (nSPS) is 29.1. The first-order valence-electron chi connectivity index (χ1n) is 12.3. The van der Waals surface area contributed by atoms with Crippen molar-refractivity contribution in [1.29, 1.82) is 0 Å². The van der Waals surface area contributed by atoms with E-state index in [4.69, 9.17) is 4.74 Å². The van der Waals surface area contributed by atoms with Gasteiger partial charge in [-0.3, -0.25) is 14.4 Å². The molecular formula is C27H31N3O5S. The van der Waals surface area contributed by atoms with Crippen molar-refractivity contribution in [2.24, 2.45) is 11.8 Å². The van der Waals surface area contributed by atoms with E-state index in [1.165, 1.54) is 0 Å². The zero-order valence-corrected chi connectivity index (χ0v) is 21.2. The van der Waals surface area contributed by atoms with Crippen molar-refractivity contribution in [2.75, 3.05) is 24.4 Å². The summed E-state index contributed by atoms with van der Waals surface area (Å²) in [5.41, 5.74) is 1.28. The number of ether oxygens (including phenoxy) is 1. The average molecular weight is 510 g/mol. The van der Waals surface area contributed by atoms with Crippen molar-refractivity contribution in [3.63, 3.8) is 0 Å². The molecule has 9 heteroatoms. The topological polar surface area (TPSA) is 108 Å². The van der Waals surface area contributed by atoms with Crippen LogP contribution >= 0.6 is 11.8 Å². The van der Waals surface area contributed by atoms with Gasteiger partial charge in [0.1, 0.15) is 11.8 Å². The standard InChI is InChI=1S/C27H31N3O5S/c1-3-18(15-31)30-23(25(33)29-17-9-11-19(35-2)12-10-17)27-14-13-20(36-27)21(22(27)26(30)34)24(32)28-16-7-5-4-6-8-16/h4-12,18,20-23,31H,3,13-15H2,1-2H3,(H,28,32)(H,29,33)/t18-,20-,21+,22-,23?,27?/m0/s1. The summed E-state index contributed by atoms with van der Waals surface area (Å²) in [4.78, 5) is 42.8. The lowest BCUT2D eigenvalue weighted by Gasteiger charge is -2.36. The number of anilines is 2. The Morgan fingerprint density at radius 2 is 1.78 bits per heavy atom. The first-order valence-corrected chi connectivity index (χ1v) is 13.2. The van der Waals surface area contributed by atoms with Crippen LogP contribution in [0.15, 0.2) is 54.6 Å². The molecule has 8 nitrogen and oxygen atoms in total. The Bertz CT molecular complexity index is 1140. The van der Waals surface area contributed by atoms with Crippen molar-refractivity contribution in [1.82, 2.24) is 4.90 Å². The van der Waals surface area contributed by atoms with Crippen molar-refractivity contribution in [3.8, 4) is 5.75 Å². The average Bonchev–Trinajstić information content (AvgIpc) is 3.53. The number of nitrogens with one attached hydrogen (secondary N) is 2. The van der Waals surface area contributed by atoms with Crippen LogP contribution in [0.1, 0.15) is 26.2 Å². The number of nitrogens with zero attached hydrogens (tertiary/aromatic N) is 1. The Morgan fingerprint density at radius 1 is 1.11 bits per heavy atom. The van der Waals surface area contributed by atoms with Crippen LogP contribution in [0.25, 0.3) is 0 Å². The number of aliphatic hydroxyl groups excluding tert-OH is 1. The van der Waals surface area contributed by atoms with Crippen LogP contribution in [0.5, 0.6) is 5.75 Å². The number of carbonyl (C=O) groups is 3. The Labute approximate surface area is 214 Å². The number of methoxy groups -OCH3 is 1. The molecule has 3 aliphatic heterocycles. The van der Waals surface area contributed by atoms with Crippen molar-refractivity contribution in [2.45, 2.75) is 48.3 Å². The van der Waals surface area contributed by atoms with Gasteiger partial charge < -0.3 is 25.4 Å². The molecule has 6 atom stereocenters. The Hall–Kier alpha value is -3.04. The van der Waals surface area contributed by atoms with Crippen LogP contribution < -0.4 is 15.4 Å². The molecule has 3 saturated heterocycles. The van der Waals surface area contributed by atoms with Crippen LogP contribution in [0, 0.1) is 11.8 Å². The lowest BCUT2D eigenvalue weighted by atomic mass is 9.70. The molecule has 3 aliphatic rings. The van der Waals surface area contributed by atoms with E-state index in [-0.39, 0.29) is 29.6 Å². The molecular weight excluding hydrogens is 478 g/mol. The van der Waals surface area contributed by atoms with Crippen LogP contribution in [-0.2, 0) is 14.4 Å². The summed E-state index contributed by atoms with van der Waals surface area (Å²) in [7, 11) is 1.58. The first-order chi connectivity index (χ1) is 17.4. The first kappa shape index (κ1) is 24.6. The lowest BCUT2D eigenvalue weighted by Crippen LogP contribution is -2.54. The molecule has 2 unspecified atom stereocenters. The van der Waals surface area contributed by atoms with Crippen molar-refractivity contribution >= 4 is 40.9 Å². The minimum absolute atomic E-state index is 0.0321. The maximum absolute atomic E-state index is 14.0. The minimum Gasteiger partial charge on any atom is -0.497 e. The Balaban J connectivity index is 1.48. The largest absolute Gasteiger partial charge is 0.497 e. The van der Waals surface area contributed by atoms with E-state index in [0.29, 0.717) is 30.0 Å². The zero-order chi connectivity index (χ0) is 25.4. The highest BCUT2D eigenvalue weighted by Crippen LogP contribution is 2.66. The van der Waals surface area contributed by atoms with E-state index >= 15 is 0 Å². The molecule has 2 aromatic rings. The quantitative estimate of drug-likeness (QED) is 0.505. The number of amides is 3. The summed E-state index contributed by atoms with van der Waals surface area (Å²) < 4.78 is 4.49. The predicted molar refractivity (Wildman–Crippen MR) is 139 cm³/mol. The highest BCUT2D eigenvalue weighted by Gasteiger charge is 2.74. The molecule has 0 saturated carbocycles. The second-order valence-corrected chi connectivity index (χ2v) is 11.2. The van der Waals surface area contributed by atoms with E-state index in [2.05, 4.69) is 10.6 Å². The maximum Gasteiger partial charge on any atom is 0.248 e. The van der Waals surface area contributed by atoms with Crippen LogP contribution in [0.2, 0.25) is 0 Å². The van der Waals surface area contributed by atoms with Gasteiger partial charge in [0.25, 0.3) is 0 Å². The number of benzene rings is 2. The molecule has 1 spiro atoms. The summed E-state index contributed by atoms with van der Waals surface area (Å²) >= 11 is 1.61. The molecule has 3 fully saturated rings. The lowest BCUT2D eigenvalue weighted by molar-refractivity contribution is -0.141. The number of fused-ring (bicyclic) bond motifs is 1. The summed E-state index contributed by atoms with van der Waals surface area (Å²) in [6.45, 7) is 1.65. The predicted octanol–water partition coefficient (Wildman–Crippen LogP) is 3.13. The zero-order valence-electron chi connectivity index (χ0n) is 20.3. The Kier molecular flexibility index (Phi) is 6.70. The van der Waals surface area contributed by atoms with Gasteiger partial charge in [-0.15, -0.1) is 11.8 Å². The monoisotopic (exact) mass is 509 g/mol. The number of hydrogen-bond acceptors (Lipinski definition) is 6. The molecule has 0 aliphatic carbocycles. The second kappa shape index (κ2) is 9.78.